The normalized spacial score (nSPS) is 18.8. The van der Waals surface area contributed by atoms with Gasteiger partial charge in [0.2, 0.25) is 0 Å². The van der Waals surface area contributed by atoms with E-state index in [4.69, 9.17) is 0 Å². The SMILES string of the molecule is CN(C)CCCN1C(=O)C(=O)C(=C(O)c2ccncc2)C1c1cccc(O)c1. The molecule has 0 saturated carbocycles. The third kappa shape index (κ3) is 3.89. The van der Waals surface area contributed by atoms with E-state index in [1.165, 1.54) is 29.4 Å². The molecule has 1 aliphatic heterocycles. The Kier molecular flexibility index (Phi) is 5.75. The minimum Gasteiger partial charge on any atom is -0.508 e. The quantitative estimate of drug-likeness (QED) is 0.452. The molecule has 2 aromatic rings. The summed E-state index contributed by atoms with van der Waals surface area (Å²) in [5.41, 5.74) is 0.998. The third-order valence-corrected chi connectivity index (χ3v) is 4.68. The van der Waals surface area contributed by atoms with Gasteiger partial charge in [0.05, 0.1) is 11.6 Å². The summed E-state index contributed by atoms with van der Waals surface area (Å²) in [6.45, 7) is 1.11. The van der Waals surface area contributed by atoms with Gasteiger partial charge in [-0.1, -0.05) is 12.1 Å². The Morgan fingerprint density at radius 2 is 1.89 bits per heavy atom. The number of hydrogen-bond donors (Lipinski definition) is 2. The highest BCUT2D eigenvalue weighted by molar-refractivity contribution is 6.46. The standard InChI is InChI=1S/C21H23N3O4/c1-23(2)11-4-12-24-18(15-5-3-6-16(25)13-15)17(20(27)21(24)28)19(26)14-7-9-22-10-8-14/h3,5-10,13,18,25-26H,4,11-12H2,1-2H3. The summed E-state index contributed by atoms with van der Waals surface area (Å²) in [5, 5.41) is 20.7. The Morgan fingerprint density at radius 1 is 1.18 bits per heavy atom. The smallest absolute Gasteiger partial charge is 0.295 e. The highest BCUT2D eigenvalue weighted by Crippen LogP contribution is 2.40. The largest absolute Gasteiger partial charge is 0.508 e. The molecule has 7 heteroatoms. The van der Waals surface area contributed by atoms with Crippen LogP contribution in [-0.4, -0.2) is 63.9 Å². The first-order valence-electron chi connectivity index (χ1n) is 9.02. The minimum atomic E-state index is -0.762. The van der Waals surface area contributed by atoms with E-state index >= 15 is 0 Å². The van der Waals surface area contributed by atoms with Gasteiger partial charge in [-0.3, -0.25) is 14.6 Å². The fourth-order valence-corrected chi connectivity index (χ4v) is 3.37. The summed E-state index contributed by atoms with van der Waals surface area (Å²) in [6, 6.07) is 8.80. The number of amides is 1. The molecule has 7 nitrogen and oxygen atoms in total. The van der Waals surface area contributed by atoms with Gasteiger partial charge in [-0.2, -0.15) is 0 Å². The van der Waals surface area contributed by atoms with E-state index in [9.17, 15) is 19.8 Å². The van der Waals surface area contributed by atoms with Crippen molar-refractivity contribution in [3.05, 3.63) is 65.5 Å². The Morgan fingerprint density at radius 3 is 2.54 bits per heavy atom. The number of benzene rings is 1. The van der Waals surface area contributed by atoms with Crippen LogP contribution in [0.5, 0.6) is 5.75 Å². The predicted molar refractivity (Wildman–Crippen MR) is 105 cm³/mol. The van der Waals surface area contributed by atoms with Crippen LogP contribution in [0.25, 0.3) is 5.76 Å². The fraction of sp³-hybridized carbons (Fsp3) is 0.286. The molecule has 1 aliphatic rings. The Bertz CT molecular complexity index is 909. The average Bonchev–Trinajstić information content (AvgIpc) is 2.93. The summed E-state index contributed by atoms with van der Waals surface area (Å²) < 4.78 is 0. The number of Topliss-reactive ketones (excluding diaryl/α,β-unsaturated/α-hetero) is 1. The van der Waals surface area contributed by atoms with Crippen LogP contribution in [-0.2, 0) is 9.59 Å². The van der Waals surface area contributed by atoms with Crippen LogP contribution < -0.4 is 0 Å². The molecule has 1 aromatic carbocycles. The molecule has 1 amide bonds. The lowest BCUT2D eigenvalue weighted by molar-refractivity contribution is -0.139. The van der Waals surface area contributed by atoms with Crippen LogP contribution in [0.15, 0.2) is 54.4 Å². The zero-order valence-corrected chi connectivity index (χ0v) is 15.9. The third-order valence-electron chi connectivity index (χ3n) is 4.68. The van der Waals surface area contributed by atoms with Gasteiger partial charge >= 0.3 is 0 Å². The highest BCUT2D eigenvalue weighted by Gasteiger charge is 2.45. The van der Waals surface area contributed by atoms with E-state index < -0.39 is 17.7 Å². The molecule has 1 fully saturated rings. The number of aromatic hydroxyl groups is 1. The number of carbonyl (C=O) groups is 2. The Balaban J connectivity index is 2.08. The molecule has 2 N–H and O–H groups in total. The number of ketones is 1. The molecule has 0 aliphatic carbocycles. The van der Waals surface area contributed by atoms with Gasteiger partial charge < -0.3 is 20.0 Å². The fourth-order valence-electron chi connectivity index (χ4n) is 3.37. The van der Waals surface area contributed by atoms with Gasteiger partial charge in [0.1, 0.15) is 11.5 Å². The van der Waals surface area contributed by atoms with Crippen molar-refractivity contribution in [2.45, 2.75) is 12.5 Å². The summed E-state index contributed by atoms with van der Waals surface area (Å²) in [6.07, 6.45) is 3.68. The highest BCUT2D eigenvalue weighted by atomic mass is 16.3. The second kappa shape index (κ2) is 8.22. The molecule has 28 heavy (non-hydrogen) atoms. The maximum atomic E-state index is 12.8. The van der Waals surface area contributed by atoms with Crippen molar-refractivity contribution < 1.29 is 19.8 Å². The van der Waals surface area contributed by atoms with Crippen LogP contribution in [0.1, 0.15) is 23.6 Å². The zero-order valence-electron chi connectivity index (χ0n) is 15.9. The first kappa shape index (κ1) is 19.6. The molecule has 1 saturated heterocycles. The first-order chi connectivity index (χ1) is 13.4. The second-order valence-corrected chi connectivity index (χ2v) is 6.98. The molecular weight excluding hydrogens is 358 g/mol. The number of aliphatic hydroxyl groups is 1. The maximum Gasteiger partial charge on any atom is 0.295 e. The number of rotatable bonds is 6. The van der Waals surface area contributed by atoms with Gasteiger partial charge in [-0.15, -0.1) is 0 Å². The number of pyridine rings is 1. The number of aromatic nitrogens is 1. The van der Waals surface area contributed by atoms with Crippen LogP contribution in [0.3, 0.4) is 0 Å². The minimum absolute atomic E-state index is 0.0200. The van der Waals surface area contributed by atoms with Crippen molar-refractivity contribution >= 4 is 17.4 Å². The van der Waals surface area contributed by atoms with Crippen molar-refractivity contribution in [2.24, 2.45) is 0 Å². The second-order valence-electron chi connectivity index (χ2n) is 6.98. The molecule has 0 bridgehead atoms. The van der Waals surface area contributed by atoms with Crippen molar-refractivity contribution in [1.82, 2.24) is 14.8 Å². The number of carbonyl (C=O) groups excluding carboxylic acids is 2. The van der Waals surface area contributed by atoms with Gasteiger partial charge in [0.25, 0.3) is 11.7 Å². The zero-order chi connectivity index (χ0) is 20.3. The molecular formula is C21H23N3O4. The molecule has 2 heterocycles. The Hall–Kier alpha value is -3.19. The number of likely N-dealkylation sites (tertiary alicyclic amines) is 1. The summed E-state index contributed by atoms with van der Waals surface area (Å²) >= 11 is 0. The number of phenolic OH excluding ortho intramolecular Hbond substituents is 1. The number of phenols is 1. The lowest BCUT2D eigenvalue weighted by Crippen LogP contribution is -2.32. The van der Waals surface area contributed by atoms with Gasteiger partial charge in [0.15, 0.2) is 0 Å². The number of aliphatic hydroxyl groups excluding tert-OH is 1. The van der Waals surface area contributed by atoms with Crippen molar-refractivity contribution in [3.63, 3.8) is 0 Å². The summed E-state index contributed by atoms with van der Waals surface area (Å²) in [5.74, 6) is -1.60. The first-order valence-corrected chi connectivity index (χ1v) is 9.02. The van der Waals surface area contributed by atoms with Crippen molar-refractivity contribution in [3.8, 4) is 5.75 Å². The number of hydrogen-bond acceptors (Lipinski definition) is 6. The van der Waals surface area contributed by atoms with E-state index in [1.54, 1.807) is 24.3 Å². The lowest BCUT2D eigenvalue weighted by atomic mass is 9.95. The molecule has 146 valence electrons. The van der Waals surface area contributed by atoms with Crippen molar-refractivity contribution in [1.29, 1.82) is 0 Å². The summed E-state index contributed by atoms with van der Waals surface area (Å²) in [7, 11) is 3.87. The van der Waals surface area contributed by atoms with Crippen molar-refractivity contribution in [2.75, 3.05) is 27.2 Å². The van der Waals surface area contributed by atoms with Crippen LogP contribution in [0, 0.1) is 0 Å². The van der Waals surface area contributed by atoms with E-state index in [0.29, 0.717) is 24.1 Å². The van der Waals surface area contributed by atoms with Crippen LogP contribution in [0.4, 0.5) is 0 Å². The van der Waals surface area contributed by atoms with E-state index in [-0.39, 0.29) is 17.1 Å². The maximum absolute atomic E-state index is 12.8. The average molecular weight is 381 g/mol. The molecule has 1 aromatic heterocycles. The molecule has 3 rings (SSSR count). The number of nitrogens with zero attached hydrogens (tertiary/aromatic N) is 3. The Labute approximate surface area is 163 Å². The van der Waals surface area contributed by atoms with Gasteiger partial charge in [0, 0.05) is 24.5 Å². The van der Waals surface area contributed by atoms with Crippen LogP contribution >= 0.6 is 0 Å². The van der Waals surface area contributed by atoms with E-state index in [2.05, 4.69) is 4.98 Å². The van der Waals surface area contributed by atoms with Gasteiger partial charge in [-0.25, -0.2) is 0 Å². The van der Waals surface area contributed by atoms with Crippen LogP contribution in [0.2, 0.25) is 0 Å². The molecule has 1 unspecified atom stereocenters. The van der Waals surface area contributed by atoms with E-state index in [0.717, 1.165) is 6.54 Å². The monoisotopic (exact) mass is 381 g/mol. The summed E-state index contributed by atoms with van der Waals surface area (Å²) in [4.78, 5) is 32.9. The molecule has 0 radical (unpaired) electrons. The predicted octanol–water partition coefficient (Wildman–Crippen LogP) is 2.16. The van der Waals surface area contributed by atoms with E-state index in [1.807, 2.05) is 19.0 Å². The molecule has 0 spiro atoms. The topological polar surface area (TPSA) is 94.0 Å². The van der Waals surface area contributed by atoms with Gasteiger partial charge in [-0.05, 0) is 56.9 Å². The lowest BCUT2D eigenvalue weighted by Gasteiger charge is -2.26. The molecule has 1 atom stereocenters.